The summed E-state index contributed by atoms with van der Waals surface area (Å²) in [7, 11) is -1.73. The Balaban J connectivity index is 1.74. The molecule has 3 aliphatic rings. The molecule has 6 atom stereocenters. The Hall–Kier alpha value is -0.673. The third-order valence-electron chi connectivity index (χ3n) is 9.76. The predicted molar refractivity (Wildman–Crippen MR) is 139 cm³/mol. The van der Waals surface area contributed by atoms with Crippen LogP contribution in [-0.2, 0) is 9.22 Å². The standard InChI is InChI=1S/C29H50O2Si/c1-21-18-23(20-25(19-21)31-32(7,8)28(3,4)5)11-12-24-10-9-16-29(6)26(13-14-27(24)29)22(2)15-17-30/h11-12,17,21-22,25-27H,9-10,13-16,18-20H2,1-8H3/b23-11-,24-12+/t21-,22-,25+,26-,27+,29-/m1/s1. The maximum Gasteiger partial charge on any atom is 0.192 e. The van der Waals surface area contributed by atoms with Crippen molar-refractivity contribution in [2.75, 3.05) is 0 Å². The molecule has 3 rings (SSSR count). The molecule has 0 bridgehead atoms. The zero-order valence-electron chi connectivity index (χ0n) is 22.3. The Morgan fingerprint density at radius 3 is 2.56 bits per heavy atom. The van der Waals surface area contributed by atoms with E-state index in [4.69, 9.17) is 4.43 Å². The van der Waals surface area contributed by atoms with Gasteiger partial charge in [0.2, 0.25) is 0 Å². The molecule has 3 fully saturated rings. The van der Waals surface area contributed by atoms with Crippen LogP contribution in [0.25, 0.3) is 0 Å². The summed E-state index contributed by atoms with van der Waals surface area (Å²) in [6.07, 6.45) is 17.3. The molecule has 0 aromatic carbocycles. The Morgan fingerprint density at radius 1 is 1.19 bits per heavy atom. The molecule has 0 saturated heterocycles. The van der Waals surface area contributed by atoms with E-state index >= 15 is 0 Å². The summed E-state index contributed by atoms with van der Waals surface area (Å²) < 4.78 is 6.83. The van der Waals surface area contributed by atoms with Crippen molar-refractivity contribution in [3.63, 3.8) is 0 Å². The second-order valence-electron chi connectivity index (χ2n) is 13.3. The molecule has 0 amide bonds. The first-order valence-electron chi connectivity index (χ1n) is 13.4. The van der Waals surface area contributed by atoms with Crippen molar-refractivity contribution >= 4 is 14.6 Å². The number of allylic oxidation sites excluding steroid dienone is 3. The SMILES string of the molecule is C[C@@H]1C/C(=C/C=C2\CCC[C@]3(C)[C@@H]([C@H](C)CC=O)CC[C@@H]23)C[C@@H](O[Si](C)(C)C(C)(C)C)C1. The maximum absolute atomic E-state index is 11.1. The zero-order chi connectivity index (χ0) is 23.7. The van der Waals surface area contributed by atoms with Gasteiger partial charge in [0, 0.05) is 12.5 Å². The highest BCUT2D eigenvalue weighted by molar-refractivity contribution is 6.74. The van der Waals surface area contributed by atoms with Gasteiger partial charge in [0.05, 0.1) is 0 Å². The van der Waals surface area contributed by atoms with Gasteiger partial charge in [-0.15, -0.1) is 0 Å². The molecule has 2 nitrogen and oxygen atoms in total. The molecule has 0 aromatic rings. The second-order valence-corrected chi connectivity index (χ2v) is 18.0. The third-order valence-corrected chi connectivity index (χ3v) is 14.3. The van der Waals surface area contributed by atoms with Gasteiger partial charge in [-0.2, -0.15) is 0 Å². The lowest BCUT2D eigenvalue weighted by Crippen LogP contribution is -2.45. The summed E-state index contributed by atoms with van der Waals surface area (Å²) in [5.41, 5.74) is 3.67. The summed E-state index contributed by atoms with van der Waals surface area (Å²) in [5.74, 6) is 2.64. The van der Waals surface area contributed by atoms with Crippen LogP contribution in [0.15, 0.2) is 23.3 Å². The van der Waals surface area contributed by atoms with E-state index in [0.717, 1.165) is 19.1 Å². The first kappa shape index (κ1) is 25.9. The average molecular weight is 459 g/mol. The van der Waals surface area contributed by atoms with E-state index in [1.165, 1.54) is 44.9 Å². The summed E-state index contributed by atoms with van der Waals surface area (Å²) in [6, 6.07) is 0. The average Bonchev–Trinajstić information content (AvgIpc) is 3.02. The Labute approximate surface area is 199 Å². The van der Waals surface area contributed by atoms with Crippen molar-refractivity contribution in [1.82, 2.24) is 0 Å². The van der Waals surface area contributed by atoms with Gasteiger partial charge < -0.3 is 9.22 Å². The number of fused-ring (bicyclic) bond motifs is 1. The fraction of sp³-hybridized carbons (Fsp3) is 0.828. The minimum Gasteiger partial charge on any atom is -0.414 e. The molecule has 3 saturated carbocycles. The number of hydrogen-bond acceptors (Lipinski definition) is 2. The van der Waals surface area contributed by atoms with Crippen molar-refractivity contribution in [2.45, 2.75) is 124 Å². The monoisotopic (exact) mass is 458 g/mol. The van der Waals surface area contributed by atoms with E-state index < -0.39 is 8.32 Å². The van der Waals surface area contributed by atoms with Crippen LogP contribution in [0.5, 0.6) is 0 Å². The highest BCUT2D eigenvalue weighted by atomic mass is 28.4. The van der Waals surface area contributed by atoms with Crippen molar-refractivity contribution in [3.05, 3.63) is 23.3 Å². The largest absolute Gasteiger partial charge is 0.414 e. The van der Waals surface area contributed by atoms with Crippen LogP contribution in [0.1, 0.15) is 99.3 Å². The number of aldehydes is 1. The first-order chi connectivity index (χ1) is 14.9. The van der Waals surface area contributed by atoms with Crippen LogP contribution in [0, 0.1) is 29.1 Å². The molecule has 182 valence electrons. The molecule has 0 aliphatic heterocycles. The number of hydrogen-bond donors (Lipinski definition) is 0. The second kappa shape index (κ2) is 9.90. The zero-order valence-corrected chi connectivity index (χ0v) is 23.3. The molecule has 0 radical (unpaired) electrons. The van der Waals surface area contributed by atoms with Crippen LogP contribution in [-0.4, -0.2) is 20.7 Å². The van der Waals surface area contributed by atoms with Gasteiger partial charge in [-0.3, -0.25) is 0 Å². The van der Waals surface area contributed by atoms with Gasteiger partial charge in [-0.1, -0.05) is 64.8 Å². The quantitative estimate of drug-likeness (QED) is 0.294. The van der Waals surface area contributed by atoms with E-state index in [1.54, 1.807) is 11.1 Å². The molecule has 0 N–H and O–H groups in total. The van der Waals surface area contributed by atoms with Gasteiger partial charge in [0.25, 0.3) is 0 Å². The van der Waals surface area contributed by atoms with Crippen molar-refractivity contribution < 1.29 is 9.22 Å². The minimum absolute atomic E-state index is 0.270. The van der Waals surface area contributed by atoms with Crippen molar-refractivity contribution in [3.8, 4) is 0 Å². The van der Waals surface area contributed by atoms with Gasteiger partial charge in [-0.05, 0) is 98.6 Å². The van der Waals surface area contributed by atoms with Gasteiger partial charge in [0.15, 0.2) is 8.32 Å². The van der Waals surface area contributed by atoms with Crippen LogP contribution >= 0.6 is 0 Å². The molecule has 0 spiro atoms. The van der Waals surface area contributed by atoms with Crippen LogP contribution in [0.3, 0.4) is 0 Å². The maximum atomic E-state index is 11.1. The van der Waals surface area contributed by atoms with E-state index in [1.807, 2.05) is 0 Å². The van der Waals surface area contributed by atoms with Gasteiger partial charge in [-0.25, -0.2) is 0 Å². The molecule has 0 aromatic heterocycles. The summed E-state index contributed by atoms with van der Waals surface area (Å²) in [6.45, 7) is 19.1. The van der Waals surface area contributed by atoms with E-state index in [2.05, 4.69) is 66.8 Å². The number of carbonyl (C=O) groups is 1. The summed E-state index contributed by atoms with van der Waals surface area (Å²) in [5, 5.41) is 0.270. The fourth-order valence-electron chi connectivity index (χ4n) is 7.01. The summed E-state index contributed by atoms with van der Waals surface area (Å²) >= 11 is 0. The topological polar surface area (TPSA) is 26.3 Å². The molecule has 32 heavy (non-hydrogen) atoms. The van der Waals surface area contributed by atoms with E-state index in [-0.39, 0.29) is 5.04 Å². The van der Waals surface area contributed by atoms with E-state index in [9.17, 15) is 4.79 Å². The van der Waals surface area contributed by atoms with Crippen LogP contribution < -0.4 is 0 Å². The molecule has 0 unspecified atom stereocenters. The Bertz CT molecular complexity index is 728. The van der Waals surface area contributed by atoms with Crippen molar-refractivity contribution in [1.29, 1.82) is 0 Å². The van der Waals surface area contributed by atoms with Crippen molar-refractivity contribution in [2.24, 2.45) is 29.1 Å². The predicted octanol–water partition coefficient (Wildman–Crippen LogP) is 8.49. The lowest BCUT2D eigenvalue weighted by atomic mass is 9.61. The molecule has 3 aliphatic carbocycles. The normalized spacial score (nSPS) is 37.5. The number of rotatable bonds is 6. The smallest absolute Gasteiger partial charge is 0.192 e. The van der Waals surface area contributed by atoms with E-state index in [0.29, 0.717) is 35.2 Å². The lowest BCUT2D eigenvalue weighted by Gasteiger charge is -2.44. The Kier molecular flexibility index (Phi) is 8.03. The molecule has 3 heteroatoms. The van der Waals surface area contributed by atoms with Gasteiger partial charge in [0.1, 0.15) is 6.29 Å². The Morgan fingerprint density at radius 2 is 1.91 bits per heavy atom. The van der Waals surface area contributed by atoms with Crippen LogP contribution in [0.2, 0.25) is 18.1 Å². The first-order valence-corrected chi connectivity index (χ1v) is 16.3. The number of carbonyl (C=O) groups excluding carboxylic acids is 1. The summed E-state index contributed by atoms with van der Waals surface area (Å²) in [4.78, 5) is 11.1. The van der Waals surface area contributed by atoms with Crippen LogP contribution in [0.4, 0.5) is 0 Å². The molecular weight excluding hydrogens is 408 g/mol. The molecule has 0 heterocycles. The van der Waals surface area contributed by atoms with Gasteiger partial charge >= 0.3 is 0 Å². The molecular formula is C29H50O2Si. The highest BCUT2D eigenvalue weighted by Gasteiger charge is 2.50. The third kappa shape index (κ3) is 5.51. The fourth-order valence-corrected chi connectivity index (χ4v) is 8.38. The lowest BCUT2D eigenvalue weighted by molar-refractivity contribution is -0.109. The highest BCUT2D eigenvalue weighted by Crippen LogP contribution is 2.59. The minimum atomic E-state index is -1.73.